The van der Waals surface area contributed by atoms with Crippen molar-refractivity contribution in [2.24, 2.45) is 0 Å². The molecule has 0 radical (unpaired) electrons. The van der Waals surface area contributed by atoms with E-state index in [0.717, 1.165) is 135 Å². The number of hydrogen-bond acceptors (Lipinski definition) is 18. The molecule has 105 heavy (non-hydrogen) atoms. The summed E-state index contributed by atoms with van der Waals surface area (Å²) in [5.74, 6) is 2.18. The first-order valence-corrected chi connectivity index (χ1v) is 36.9. The van der Waals surface area contributed by atoms with E-state index in [0.29, 0.717) is 77.6 Å². The Hall–Kier alpha value is -8.73. The van der Waals surface area contributed by atoms with Crippen LogP contribution >= 0.6 is 0 Å². The minimum atomic E-state index is -0.867. The van der Waals surface area contributed by atoms with Gasteiger partial charge in [-0.05, 0) is 214 Å². The van der Waals surface area contributed by atoms with Crippen LogP contribution in [0.3, 0.4) is 0 Å². The molecule has 21 nitrogen and oxygen atoms in total. The molecule has 0 amide bonds. The fourth-order valence-corrected chi connectivity index (χ4v) is 11.4. The summed E-state index contributed by atoms with van der Waals surface area (Å²) >= 11 is 0. The third kappa shape index (κ3) is 41.5. The van der Waals surface area contributed by atoms with E-state index >= 15 is 0 Å². The van der Waals surface area contributed by atoms with E-state index in [1.165, 1.54) is 16.7 Å². The van der Waals surface area contributed by atoms with Gasteiger partial charge in [0.25, 0.3) is 0 Å². The molecule has 2 unspecified atom stereocenters. The second-order valence-electron chi connectivity index (χ2n) is 27.0. The number of ether oxygens (including phenoxy) is 9. The summed E-state index contributed by atoms with van der Waals surface area (Å²) in [5.41, 5.74) is 7.04. The summed E-state index contributed by atoms with van der Waals surface area (Å²) in [6.07, 6.45) is 14.1. The molecule has 0 bridgehead atoms. The van der Waals surface area contributed by atoms with E-state index < -0.39 is 24.2 Å². The normalized spacial score (nSPS) is 12.2. The number of carboxylic acids is 3. The quantitative estimate of drug-likeness (QED) is 0.0157. The zero-order valence-corrected chi connectivity index (χ0v) is 63.7. The number of aliphatic carboxylic acids is 3. The maximum absolute atomic E-state index is 12.4. The highest BCUT2D eigenvalue weighted by molar-refractivity contribution is 5.70. The highest BCUT2D eigenvalue weighted by Gasteiger charge is 2.21. The van der Waals surface area contributed by atoms with E-state index in [2.05, 4.69) is 54.6 Å². The van der Waals surface area contributed by atoms with Crippen molar-refractivity contribution < 1.29 is 87.0 Å². The molecule has 578 valence electrons. The van der Waals surface area contributed by atoms with Gasteiger partial charge in [-0.25, -0.2) is 0 Å². The summed E-state index contributed by atoms with van der Waals surface area (Å²) in [6, 6.07) is 48.2. The van der Waals surface area contributed by atoms with Crippen molar-refractivity contribution in [2.45, 2.75) is 179 Å². The average molecular weight is 1460 g/mol. The van der Waals surface area contributed by atoms with Gasteiger partial charge < -0.3 is 77.8 Å². The van der Waals surface area contributed by atoms with Gasteiger partial charge in [-0.2, -0.15) is 0 Å². The van der Waals surface area contributed by atoms with Gasteiger partial charge in [-0.3, -0.25) is 24.0 Å². The average Bonchev–Trinajstić information content (AvgIpc) is 0.903. The molecular formula is C84H119N3O18. The number of rotatable bonds is 52. The van der Waals surface area contributed by atoms with Gasteiger partial charge in [0.1, 0.15) is 72.6 Å². The first kappa shape index (κ1) is 88.7. The molecule has 0 aliphatic rings. The van der Waals surface area contributed by atoms with Crippen LogP contribution in [0.25, 0.3) is 0 Å². The number of nitrogens with zero attached hydrogens (tertiary/aromatic N) is 3. The Labute approximate surface area is 624 Å². The van der Waals surface area contributed by atoms with Gasteiger partial charge in [0, 0.05) is 51.7 Å². The number of esters is 2. The number of carbonyl (C=O) groups excluding carboxylic acids is 2. The molecule has 0 saturated carbocycles. The van der Waals surface area contributed by atoms with Crippen LogP contribution in [0, 0.1) is 0 Å². The van der Waals surface area contributed by atoms with Gasteiger partial charge >= 0.3 is 29.8 Å². The van der Waals surface area contributed by atoms with E-state index in [-0.39, 0.29) is 62.7 Å². The number of para-hydroxylation sites is 3. The number of aliphatic hydroxyl groups excluding tert-OH is 1. The number of aliphatic hydroxyl groups is 1. The lowest BCUT2D eigenvalue weighted by molar-refractivity contribution is -0.152. The first-order chi connectivity index (χ1) is 50.6. The van der Waals surface area contributed by atoms with Crippen LogP contribution in [-0.2, 0) is 76.7 Å². The number of benzene rings is 6. The van der Waals surface area contributed by atoms with Crippen LogP contribution < -0.4 is 28.4 Å². The van der Waals surface area contributed by atoms with Crippen LogP contribution in [-0.4, -0.2) is 193 Å². The second-order valence-corrected chi connectivity index (χ2v) is 27.0. The Morgan fingerprint density at radius 3 is 0.914 bits per heavy atom. The highest BCUT2D eigenvalue weighted by Crippen LogP contribution is 2.26. The Balaban J connectivity index is 0.000000333. The molecule has 0 aliphatic heterocycles. The first-order valence-electron chi connectivity index (χ1n) is 36.9. The molecule has 0 saturated heterocycles. The summed E-state index contributed by atoms with van der Waals surface area (Å²) in [7, 11) is 16.7. The van der Waals surface area contributed by atoms with Crippen LogP contribution in [0.4, 0.5) is 0 Å². The monoisotopic (exact) mass is 1460 g/mol. The molecule has 6 aromatic carbocycles. The standard InChI is InChI=1S/C28H41NO6.2C28H39NO6/c3*1-29(2)20-25(35-28(32)13-7-5-4-6-12-27(30)31)21-34-26-11-9-8-10-23(26)17-14-22-15-18-24(33-3)19-16-22/h8-11,15-16,18-19,25,28,32H,4-7,12-14,17,20-21H2,1-3H3,(H,30,31);2*8-11,15-16,18-19,25H,4-7,12-14,17,20-21H2,1-3H3,(H,30,31)/t25-,28?;25-;/m01./s1. The summed E-state index contributed by atoms with van der Waals surface area (Å²) in [6.45, 7) is 2.66. The molecule has 4 atom stereocenters. The largest absolute Gasteiger partial charge is 0.497 e. The van der Waals surface area contributed by atoms with Gasteiger partial charge in [-0.15, -0.1) is 0 Å². The van der Waals surface area contributed by atoms with Gasteiger partial charge in [-0.1, -0.05) is 130 Å². The third-order valence-electron chi connectivity index (χ3n) is 17.0. The minimum absolute atomic E-state index is 0.175. The fourth-order valence-electron chi connectivity index (χ4n) is 11.4. The van der Waals surface area contributed by atoms with Gasteiger partial charge in [0.05, 0.1) is 21.3 Å². The molecule has 0 aromatic heterocycles. The summed E-state index contributed by atoms with van der Waals surface area (Å²) in [4.78, 5) is 62.4. The molecule has 6 aromatic rings. The number of unbranched alkanes of at least 4 members (excludes halogenated alkanes) is 9. The maximum Gasteiger partial charge on any atom is 0.306 e. The van der Waals surface area contributed by atoms with E-state index in [9.17, 15) is 29.1 Å². The topological polar surface area (TPSA) is 259 Å². The third-order valence-corrected chi connectivity index (χ3v) is 17.0. The predicted octanol–water partition coefficient (Wildman–Crippen LogP) is 14.1. The van der Waals surface area contributed by atoms with Crippen molar-refractivity contribution in [3.8, 4) is 34.5 Å². The molecule has 4 N–H and O–H groups in total. The Bertz CT molecular complexity index is 3200. The number of likely N-dealkylation sites (N-methyl/N-ethyl adjacent to an activating group) is 3. The van der Waals surface area contributed by atoms with Crippen LogP contribution in [0.15, 0.2) is 146 Å². The number of carbonyl (C=O) groups is 5. The predicted molar refractivity (Wildman–Crippen MR) is 409 cm³/mol. The second kappa shape index (κ2) is 53.1. The zero-order chi connectivity index (χ0) is 76.4. The summed E-state index contributed by atoms with van der Waals surface area (Å²) in [5, 5.41) is 36.4. The van der Waals surface area contributed by atoms with Gasteiger partial charge in [0.15, 0.2) is 6.29 Å². The molecule has 0 fully saturated rings. The van der Waals surface area contributed by atoms with Crippen molar-refractivity contribution in [1.29, 1.82) is 0 Å². The zero-order valence-electron chi connectivity index (χ0n) is 63.7. The lowest BCUT2D eigenvalue weighted by atomic mass is 10.0. The fraction of sp³-hybridized carbons (Fsp3) is 0.512. The van der Waals surface area contributed by atoms with E-state index in [4.69, 9.17) is 58.0 Å². The van der Waals surface area contributed by atoms with Crippen LogP contribution in [0.1, 0.15) is 149 Å². The van der Waals surface area contributed by atoms with Gasteiger partial charge in [0.2, 0.25) is 0 Å². The highest BCUT2D eigenvalue weighted by atomic mass is 16.6. The number of hydrogen-bond donors (Lipinski definition) is 4. The molecular weight excluding hydrogens is 1340 g/mol. The van der Waals surface area contributed by atoms with E-state index in [1.807, 2.05) is 148 Å². The Morgan fingerprint density at radius 2 is 0.619 bits per heavy atom. The van der Waals surface area contributed by atoms with Crippen molar-refractivity contribution in [1.82, 2.24) is 14.7 Å². The molecule has 0 heterocycles. The van der Waals surface area contributed by atoms with Crippen molar-refractivity contribution in [3.63, 3.8) is 0 Å². The Morgan fingerprint density at radius 1 is 0.343 bits per heavy atom. The lowest BCUT2D eigenvalue weighted by Crippen LogP contribution is -2.36. The number of aryl methyl sites for hydroxylation is 6. The number of carboxylic acid groups (broad SMARTS) is 3. The van der Waals surface area contributed by atoms with Crippen molar-refractivity contribution in [2.75, 3.05) is 103 Å². The van der Waals surface area contributed by atoms with E-state index in [1.54, 1.807) is 21.3 Å². The van der Waals surface area contributed by atoms with Crippen LogP contribution in [0.2, 0.25) is 0 Å². The lowest BCUT2D eigenvalue weighted by Gasteiger charge is -2.25. The SMILES string of the molecule is COc1ccc(CCc2ccccc2OCC(CN(C)C)OC(=O)CCCCCCC(=O)O)cc1.COc1ccc(CCc2ccccc2OC[C@@H](CN(C)C)OC(=O)CCCCCCC(=O)O)cc1.COc1ccc(CCc2ccccc2OC[C@H](CN(C)C)OC(O)CCCCCCC(=O)O)cc1. The van der Waals surface area contributed by atoms with Crippen molar-refractivity contribution in [3.05, 3.63) is 179 Å². The molecule has 21 heteroatoms. The Kier molecular flexibility index (Phi) is 44.8. The minimum Gasteiger partial charge on any atom is -0.497 e. The van der Waals surface area contributed by atoms with Crippen molar-refractivity contribution >= 4 is 29.8 Å². The molecule has 6 rings (SSSR count). The maximum atomic E-state index is 12.4. The molecule has 0 aliphatic carbocycles. The smallest absolute Gasteiger partial charge is 0.306 e. The number of methoxy groups -OCH3 is 3. The van der Waals surface area contributed by atoms with Crippen LogP contribution in [0.5, 0.6) is 34.5 Å². The summed E-state index contributed by atoms with van der Waals surface area (Å²) < 4.78 is 51.4. The molecule has 0 spiro atoms.